The van der Waals surface area contributed by atoms with Crippen LogP contribution in [-0.4, -0.2) is 42.0 Å². The molecule has 0 radical (unpaired) electrons. The Kier molecular flexibility index (Phi) is 6.46. The molecule has 0 saturated carbocycles. The number of pyridine rings is 1. The van der Waals surface area contributed by atoms with E-state index in [1.807, 2.05) is 0 Å². The number of halogens is 5. The fourth-order valence-corrected chi connectivity index (χ4v) is 4.29. The number of anilines is 1. The molecule has 0 amide bonds. The second-order valence-corrected chi connectivity index (χ2v) is 8.42. The SMILES string of the molecule is Cc1c(N2CCC(F)(CN)C2)c(F)cc2c(CN)c(OC(=O)C(F)(F)F)c(=O)n(C(C)C)c12. The van der Waals surface area contributed by atoms with Gasteiger partial charge in [-0.2, -0.15) is 13.2 Å². The highest BCUT2D eigenvalue weighted by atomic mass is 19.4. The zero-order valence-electron chi connectivity index (χ0n) is 18.4. The first-order valence-electron chi connectivity index (χ1n) is 10.3. The third-order valence-corrected chi connectivity index (χ3v) is 5.85. The Morgan fingerprint density at radius 2 is 1.94 bits per heavy atom. The van der Waals surface area contributed by atoms with E-state index in [0.717, 1.165) is 10.6 Å². The summed E-state index contributed by atoms with van der Waals surface area (Å²) in [6.45, 7) is 4.03. The van der Waals surface area contributed by atoms with Crippen LogP contribution in [0.3, 0.4) is 0 Å². The van der Waals surface area contributed by atoms with Crippen LogP contribution in [0.25, 0.3) is 10.9 Å². The Morgan fingerprint density at radius 1 is 1.30 bits per heavy atom. The first-order valence-corrected chi connectivity index (χ1v) is 10.3. The molecule has 0 spiro atoms. The average Bonchev–Trinajstić information content (AvgIpc) is 3.10. The topological polar surface area (TPSA) is 104 Å². The minimum Gasteiger partial charge on any atom is -0.414 e. The predicted octanol–water partition coefficient (Wildman–Crippen LogP) is 2.83. The lowest BCUT2D eigenvalue weighted by molar-refractivity contribution is -0.189. The van der Waals surface area contributed by atoms with Crippen LogP contribution in [-0.2, 0) is 11.3 Å². The van der Waals surface area contributed by atoms with Crippen molar-refractivity contribution in [1.29, 1.82) is 0 Å². The van der Waals surface area contributed by atoms with Gasteiger partial charge in [0, 0.05) is 43.0 Å². The van der Waals surface area contributed by atoms with Crippen LogP contribution >= 0.6 is 0 Å². The zero-order valence-corrected chi connectivity index (χ0v) is 18.4. The maximum absolute atomic E-state index is 15.3. The highest BCUT2D eigenvalue weighted by Gasteiger charge is 2.43. The molecule has 182 valence electrons. The number of fused-ring (bicyclic) bond motifs is 1. The molecule has 1 fully saturated rings. The number of nitrogens with two attached hydrogens (primary N) is 2. The van der Waals surface area contributed by atoms with Crippen molar-refractivity contribution in [2.24, 2.45) is 11.5 Å². The second kappa shape index (κ2) is 8.56. The number of carbonyl (C=O) groups is 1. The van der Waals surface area contributed by atoms with E-state index in [9.17, 15) is 27.2 Å². The summed E-state index contributed by atoms with van der Waals surface area (Å²) in [5.41, 5.74) is 8.81. The number of aryl methyl sites for hydroxylation is 1. The number of benzene rings is 1. The van der Waals surface area contributed by atoms with Gasteiger partial charge in [0.15, 0.2) is 0 Å². The fraction of sp³-hybridized carbons (Fsp3) is 0.524. The van der Waals surface area contributed by atoms with Crippen molar-refractivity contribution in [2.75, 3.05) is 24.5 Å². The van der Waals surface area contributed by atoms with Crippen LogP contribution in [0.5, 0.6) is 5.75 Å². The Labute approximate surface area is 186 Å². The van der Waals surface area contributed by atoms with Gasteiger partial charge in [0.1, 0.15) is 11.5 Å². The average molecular weight is 476 g/mol. The van der Waals surface area contributed by atoms with E-state index in [1.165, 1.54) is 11.8 Å². The van der Waals surface area contributed by atoms with Gasteiger partial charge in [0.05, 0.1) is 17.7 Å². The monoisotopic (exact) mass is 476 g/mol. The number of alkyl halides is 4. The van der Waals surface area contributed by atoms with E-state index < -0.39 is 47.5 Å². The zero-order chi connectivity index (χ0) is 24.9. The largest absolute Gasteiger partial charge is 0.491 e. The standard InChI is InChI=1S/C21H25F5N4O3/c1-10(2)30-15-11(3)16(29-5-4-20(23,8-28)9-29)14(22)6-12(15)13(7-27)17(18(30)31)33-19(32)21(24,25)26/h6,10H,4-5,7-9,27-28H2,1-3H3. The van der Waals surface area contributed by atoms with E-state index in [-0.39, 0.29) is 53.8 Å². The lowest BCUT2D eigenvalue weighted by atomic mass is 10.0. The molecule has 1 unspecified atom stereocenters. The van der Waals surface area contributed by atoms with Gasteiger partial charge in [-0.25, -0.2) is 13.6 Å². The Bertz CT molecular complexity index is 1160. The third kappa shape index (κ3) is 4.29. The molecule has 3 rings (SSSR count). The van der Waals surface area contributed by atoms with Crippen molar-refractivity contribution >= 4 is 22.6 Å². The van der Waals surface area contributed by atoms with Gasteiger partial charge < -0.3 is 25.7 Å². The molecule has 1 saturated heterocycles. The molecule has 1 aromatic heterocycles. The fourth-order valence-electron chi connectivity index (χ4n) is 4.29. The number of esters is 1. The molecule has 4 N–H and O–H groups in total. The molecule has 0 bridgehead atoms. The van der Waals surface area contributed by atoms with Crippen molar-refractivity contribution in [3.05, 3.63) is 33.4 Å². The molecule has 12 heteroatoms. The first-order chi connectivity index (χ1) is 15.3. The maximum atomic E-state index is 15.3. The summed E-state index contributed by atoms with van der Waals surface area (Å²) in [4.78, 5) is 26.1. The maximum Gasteiger partial charge on any atom is 0.491 e. The van der Waals surface area contributed by atoms with Crippen LogP contribution in [0.2, 0.25) is 0 Å². The van der Waals surface area contributed by atoms with E-state index in [2.05, 4.69) is 4.74 Å². The number of ether oxygens (including phenoxy) is 1. The molecule has 2 aromatic rings. The smallest absolute Gasteiger partial charge is 0.414 e. The molecular weight excluding hydrogens is 451 g/mol. The molecular formula is C21H25F5N4O3. The van der Waals surface area contributed by atoms with Crippen molar-refractivity contribution in [2.45, 2.75) is 51.6 Å². The number of hydrogen-bond acceptors (Lipinski definition) is 6. The van der Waals surface area contributed by atoms with Gasteiger partial charge in [-0.15, -0.1) is 0 Å². The molecule has 7 nitrogen and oxygen atoms in total. The number of carbonyl (C=O) groups excluding carboxylic acids is 1. The van der Waals surface area contributed by atoms with Crippen LogP contribution in [0.4, 0.5) is 27.6 Å². The number of hydrogen-bond donors (Lipinski definition) is 2. The lowest BCUT2D eigenvalue weighted by Gasteiger charge is -2.27. The summed E-state index contributed by atoms with van der Waals surface area (Å²) in [5.74, 6) is -4.27. The van der Waals surface area contributed by atoms with Crippen molar-refractivity contribution in [1.82, 2.24) is 4.57 Å². The van der Waals surface area contributed by atoms with Gasteiger partial charge in [0.25, 0.3) is 5.56 Å². The quantitative estimate of drug-likeness (QED) is 0.508. The number of aromatic nitrogens is 1. The molecule has 2 heterocycles. The third-order valence-electron chi connectivity index (χ3n) is 5.85. The molecule has 1 aliphatic rings. The summed E-state index contributed by atoms with van der Waals surface area (Å²) < 4.78 is 74.0. The van der Waals surface area contributed by atoms with Gasteiger partial charge in [-0.1, -0.05) is 0 Å². The highest BCUT2D eigenvalue weighted by Crippen LogP contribution is 2.39. The minimum absolute atomic E-state index is 0.0269. The van der Waals surface area contributed by atoms with Gasteiger partial charge in [-0.3, -0.25) is 4.79 Å². The Morgan fingerprint density at radius 3 is 2.42 bits per heavy atom. The number of nitrogens with zero attached hydrogens (tertiary/aromatic N) is 2. The van der Waals surface area contributed by atoms with Crippen molar-refractivity contribution < 1.29 is 31.5 Å². The van der Waals surface area contributed by atoms with Crippen molar-refractivity contribution in [3.63, 3.8) is 0 Å². The second-order valence-electron chi connectivity index (χ2n) is 8.42. The van der Waals surface area contributed by atoms with E-state index in [4.69, 9.17) is 11.5 Å². The van der Waals surface area contributed by atoms with Gasteiger partial charge >= 0.3 is 12.1 Å². The van der Waals surface area contributed by atoms with Crippen LogP contribution in [0.15, 0.2) is 10.9 Å². The predicted molar refractivity (Wildman–Crippen MR) is 113 cm³/mol. The summed E-state index contributed by atoms with van der Waals surface area (Å²) >= 11 is 0. The lowest BCUT2D eigenvalue weighted by Crippen LogP contribution is -2.37. The Hall–Kier alpha value is -2.73. The van der Waals surface area contributed by atoms with E-state index in [0.29, 0.717) is 0 Å². The normalized spacial score (nSPS) is 19.1. The summed E-state index contributed by atoms with van der Waals surface area (Å²) in [6.07, 6.45) is -5.25. The van der Waals surface area contributed by atoms with Gasteiger partial charge in [-0.05, 0) is 32.4 Å². The Balaban J connectivity index is 2.34. The first kappa shape index (κ1) is 24.9. The minimum atomic E-state index is -5.35. The summed E-state index contributed by atoms with van der Waals surface area (Å²) in [7, 11) is 0. The van der Waals surface area contributed by atoms with Crippen LogP contribution in [0.1, 0.15) is 37.4 Å². The van der Waals surface area contributed by atoms with Crippen LogP contribution < -0.4 is 26.7 Å². The van der Waals surface area contributed by atoms with Crippen molar-refractivity contribution in [3.8, 4) is 5.75 Å². The molecule has 1 aromatic carbocycles. The van der Waals surface area contributed by atoms with E-state index in [1.54, 1.807) is 13.8 Å². The molecule has 1 aliphatic heterocycles. The highest BCUT2D eigenvalue weighted by molar-refractivity contribution is 5.92. The number of rotatable bonds is 5. The summed E-state index contributed by atoms with van der Waals surface area (Å²) in [6, 6.07) is 0.416. The summed E-state index contributed by atoms with van der Waals surface area (Å²) in [5, 5.41) is 0.0269. The van der Waals surface area contributed by atoms with Crippen LogP contribution in [0, 0.1) is 12.7 Å². The van der Waals surface area contributed by atoms with Gasteiger partial charge in [0.2, 0.25) is 5.75 Å². The molecule has 0 aliphatic carbocycles. The van der Waals surface area contributed by atoms with E-state index >= 15 is 4.39 Å². The molecule has 33 heavy (non-hydrogen) atoms. The molecule has 1 atom stereocenters.